The molecule has 2 aromatic rings. The monoisotopic (exact) mass is 339 g/mol. The third-order valence-electron chi connectivity index (χ3n) is 3.76. The number of hydrogen-bond donors (Lipinski definition) is 0. The maximum Gasteiger partial charge on any atom is 0.340 e. The Morgan fingerprint density at radius 3 is 2.20 bits per heavy atom. The van der Waals surface area contributed by atoms with Gasteiger partial charge in [-0.25, -0.2) is 4.79 Å². The molecular formula is C20H21NO4. The van der Waals surface area contributed by atoms with Crippen LogP contribution >= 0.6 is 0 Å². The lowest BCUT2D eigenvalue weighted by atomic mass is 10.1. The third kappa shape index (κ3) is 4.12. The van der Waals surface area contributed by atoms with Gasteiger partial charge in [-0.3, -0.25) is 9.59 Å². The number of para-hydroxylation sites is 1. The largest absolute Gasteiger partial charge is 0.462 e. The van der Waals surface area contributed by atoms with Crippen molar-refractivity contribution in [1.82, 2.24) is 0 Å². The van der Waals surface area contributed by atoms with E-state index in [4.69, 9.17) is 4.74 Å². The van der Waals surface area contributed by atoms with Crippen molar-refractivity contribution in [2.75, 3.05) is 18.1 Å². The van der Waals surface area contributed by atoms with Gasteiger partial charge in [0.15, 0.2) is 0 Å². The normalized spacial score (nSPS) is 10.2. The Hall–Kier alpha value is -2.95. The zero-order valence-electron chi connectivity index (χ0n) is 14.6. The fourth-order valence-electron chi connectivity index (χ4n) is 2.46. The lowest BCUT2D eigenvalue weighted by Gasteiger charge is -2.22. The summed E-state index contributed by atoms with van der Waals surface area (Å²) in [6.07, 6.45) is 0. The van der Waals surface area contributed by atoms with E-state index in [9.17, 15) is 14.4 Å². The second kappa shape index (κ2) is 8.24. The maximum atomic E-state index is 12.7. The highest BCUT2D eigenvalue weighted by atomic mass is 16.5. The summed E-state index contributed by atoms with van der Waals surface area (Å²) in [4.78, 5) is 38.7. The molecule has 0 aliphatic heterocycles. The van der Waals surface area contributed by atoms with Crippen LogP contribution in [0.2, 0.25) is 0 Å². The van der Waals surface area contributed by atoms with Gasteiger partial charge in [-0.1, -0.05) is 42.0 Å². The number of ether oxygens (including phenoxy) is 1. The van der Waals surface area contributed by atoms with E-state index in [1.54, 1.807) is 62.4 Å². The number of anilines is 1. The molecule has 2 aromatic carbocycles. The van der Waals surface area contributed by atoms with Gasteiger partial charge in [-0.2, -0.15) is 0 Å². The number of likely N-dealkylation sites (N-methyl/N-ethyl adjacent to an activating group) is 1. The molecular weight excluding hydrogens is 318 g/mol. The number of nitrogens with zero attached hydrogens (tertiary/aromatic N) is 1. The number of Topliss-reactive ketones (excluding diaryl/α,β-unsaturated/α-hetero) is 1. The highest BCUT2D eigenvalue weighted by Crippen LogP contribution is 2.22. The van der Waals surface area contributed by atoms with Gasteiger partial charge < -0.3 is 9.64 Å². The van der Waals surface area contributed by atoms with Crippen LogP contribution in [0.5, 0.6) is 0 Å². The average Bonchev–Trinajstić information content (AvgIpc) is 2.63. The Kier molecular flexibility index (Phi) is 6.06. The van der Waals surface area contributed by atoms with E-state index >= 15 is 0 Å². The molecule has 0 atom stereocenters. The van der Waals surface area contributed by atoms with E-state index in [1.807, 2.05) is 6.92 Å². The summed E-state index contributed by atoms with van der Waals surface area (Å²) in [5.41, 5.74) is 1.96. The zero-order chi connectivity index (χ0) is 18.4. The van der Waals surface area contributed by atoms with Crippen LogP contribution in [0, 0.1) is 6.92 Å². The van der Waals surface area contributed by atoms with E-state index in [1.165, 1.54) is 4.90 Å². The van der Waals surface area contributed by atoms with Crippen molar-refractivity contribution in [1.29, 1.82) is 0 Å². The number of hydrogen-bond acceptors (Lipinski definition) is 4. The summed E-state index contributed by atoms with van der Waals surface area (Å²) in [6.45, 7) is 5.86. The SMILES string of the molecule is CCOC(=O)c1ccccc1N(CC)C(=O)C(=O)c1ccc(C)cc1. The molecule has 25 heavy (non-hydrogen) atoms. The molecule has 0 saturated heterocycles. The average molecular weight is 339 g/mol. The first kappa shape index (κ1) is 18.4. The van der Waals surface area contributed by atoms with Crippen LogP contribution in [0.4, 0.5) is 5.69 Å². The minimum Gasteiger partial charge on any atom is -0.462 e. The van der Waals surface area contributed by atoms with Crippen LogP contribution in [0.1, 0.15) is 40.1 Å². The van der Waals surface area contributed by atoms with Crippen molar-refractivity contribution >= 4 is 23.3 Å². The minimum atomic E-state index is -0.678. The van der Waals surface area contributed by atoms with Crippen molar-refractivity contribution in [3.05, 3.63) is 65.2 Å². The highest BCUT2D eigenvalue weighted by molar-refractivity contribution is 6.47. The lowest BCUT2D eigenvalue weighted by Crippen LogP contribution is -2.37. The number of esters is 1. The van der Waals surface area contributed by atoms with Crippen LogP contribution in [0.15, 0.2) is 48.5 Å². The molecule has 0 heterocycles. The summed E-state index contributed by atoms with van der Waals surface area (Å²) in [7, 11) is 0. The first-order valence-electron chi connectivity index (χ1n) is 8.18. The predicted octanol–water partition coefficient (Wildman–Crippen LogP) is 3.41. The van der Waals surface area contributed by atoms with Crippen LogP contribution in [-0.2, 0) is 9.53 Å². The lowest BCUT2D eigenvalue weighted by molar-refractivity contribution is -0.114. The topological polar surface area (TPSA) is 63.7 Å². The Morgan fingerprint density at radius 1 is 0.960 bits per heavy atom. The molecule has 0 radical (unpaired) electrons. The minimum absolute atomic E-state index is 0.232. The quantitative estimate of drug-likeness (QED) is 0.460. The standard InChI is InChI=1S/C20H21NO4/c1-4-21(17-9-7-6-8-16(17)20(24)25-5-2)19(23)18(22)15-12-10-14(3)11-13-15/h6-13H,4-5H2,1-3H3. The van der Waals surface area contributed by atoms with E-state index in [-0.39, 0.29) is 18.7 Å². The van der Waals surface area contributed by atoms with Crippen LogP contribution in [0.25, 0.3) is 0 Å². The number of benzene rings is 2. The number of ketones is 1. The third-order valence-corrected chi connectivity index (χ3v) is 3.76. The fraction of sp³-hybridized carbons (Fsp3) is 0.250. The molecule has 0 saturated carbocycles. The Morgan fingerprint density at radius 2 is 1.60 bits per heavy atom. The van der Waals surface area contributed by atoms with Gasteiger partial charge in [-0.15, -0.1) is 0 Å². The van der Waals surface area contributed by atoms with Gasteiger partial charge in [0.05, 0.1) is 17.9 Å². The second-order valence-electron chi connectivity index (χ2n) is 5.48. The van der Waals surface area contributed by atoms with E-state index < -0.39 is 17.7 Å². The van der Waals surface area contributed by atoms with E-state index in [0.717, 1.165) is 5.56 Å². The van der Waals surface area contributed by atoms with Crippen molar-refractivity contribution in [3.8, 4) is 0 Å². The Labute approximate surface area is 147 Å². The van der Waals surface area contributed by atoms with Crippen molar-refractivity contribution in [3.63, 3.8) is 0 Å². The first-order valence-corrected chi connectivity index (χ1v) is 8.18. The molecule has 2 rings (SSSR count). The molecule has 0 spiro atoms. The molecule has 0 aromatic heterocycles. The summed E-state index contributed by atoms with van der Waals surface area (Å²) in [5.74, 6) is -1.81. The van der Waals surface area contributed by atoms with Gasteiger partial charge in [0.2, 0.25) is 0 Å². The molecule has 0 N–H and O–H groups in total. The first-order chi connectivity index (χ1) is 12.0. The highest BCUT2D eigenvalue weighted by Gasteiger charge is 2.26. The smallest absolute Gasteiger partial charge is 0.340 e. The summed E-state index contributed by atoms with van der Waals surface area (Å²) in [6, 6.07) is 13.4. The predicted molar refractivity (Wildman–Crippen MR) is 95.9 cm³/mol. The molecule has 5 heteroatoms. The van der Waals surface area contributed by atoms with Gasteiger partial charge in [0.25, 0.3) is 11.7 Å². The second-order valence-corrected chi connectivity index (χ2v) is 5.48. The molecule has 5 nitrogen and oxygen atoms in total. The van der Waals surface area contributed by atoms with Crippen molar-refractivity contribution < 1.29 is 19.1 Å². The Bertz CT molecular complexity index is 781. The number of carbonyl (C=O) groups excluding carboxylic acids is 3. The summed E-state index contributed by atoms with van der Waals surface area (Å²) >= 11 is 0. The van der Waals surface area contributed by atoms with Crippen LogP contribution < -0.4 is 4.90 Å². The van der Waals surface area contributed by atoms with Crippen molar-refractivity contribution in [2.45, 2.75) is 20.8 Å². The molecule has 1 amide bonds. The van der Waals surface area contributed by atoms with Crippen LogP contribution in [-0.4, -0.2) is 30.8 Å². The number of aryl methyl sites for hydroxylation is 1. The molecule has 130 valence electrons. The van der Waals surface area contributed by atoms with Crippen molar-refractivity contribution in [2.24, 2.45) is 0 Å². The summed E-state index contributed by atoms with van der Waals surface area (Å²) < 4.78 is 5.04. The van der Waals surface area contributed by atoms with Gasteiger partial charge >= 0.3 is 5.97 Å². The molecule has 0 bridgehead atoms. The molecule has 0 fully saturated rings. The zero-order valence-corrected chi connectivity index (χ0v) is 14.6. The number of amides is 1. The fourth-order valence-corrected chi connectivity index (χ4v) is 2.46. The number of rotatable bonds is 6. The van der Waals surface area contributed by atoms with E-state index in [0.29, 0.717) is 11.3 Å². The van der Waals surface area contributed by atoms with Gasteiger partial charge in [0, 0.05) is 12.1 Å². The molecule has 0 unspecified atom stereocenters. The van der Waals surface area contributed by atoms with Gasteiger partial charge in [-0.05, 0) is 32.9 Å². The Balaban J connectivity index is 2.36. The molecule has 0 aliphatic rings. The number of carbonyl (C=O) groups is 3. The summed E-state index contributed by atoms with van der Waals surface area (Å²) in [5, 5.41) is 0. The van der Waals surface area contributed by atoms with Gasteiger partial charge in [0.1, 0.15) is 0 Å². The van der Waals surface area contributed by atoms with Crippen LogP contribution in [0.3, 0.4) is 0 Å². The maximum absolute atomic E-state index is 12.7. The molecule has 0 aliphatic carbocycles. The van der Waals surface area contributed by atoms with E-state index in [2.05, 4.69) is 0 Å².